The molecule has 1 aromatic rings. The molecule has 0 N–H and O–H groups in total. The maximum atomic E-state index is 11.2. The van der Waals surface area contributed by atoms with Crippen LogP contribution in [0.4, 0.5) is 0 Å². The molecular weight excluding hydrogens is 180 g/mol. The number of halogens is 1. The Morgan fingerprint density at radius 3 is 3.17 bits per heavy atom. The van der Waals surface area contributed by atoms with E-state index in [4.69, 9.17) is 16.3 Å². The fourth-order valence-corrected chi connectivity index (χ4v) is 0.877. The van der Waals surface area contributed by atoms with E-state index in [0.717, 1.165) is 0 Å². The number of aromatic nitrogens is 2. The molecule has 5 heteroatoms. The number of hydrogen-bond acceptors (Lipinski definition) is 3. The predicted octanol–water partition coefficient (Wildman–Crippen LogP) is 0.891. The number of hydrogen-bond donors (Lipinski definition) is 0. The molecule has 0 radical (unpaired) electrons. The molecule has 0 saturated carbocycles. The van der Waals surface area contributed by atoms with Gasteiger partial charge in [0.25, 0.3) is 5.56 Å². The van der Waals surface area contributed by atoms with Crippen LogP contribution in [0.5, 0.6) is 0 Å². The number of ether oxygens (including phenoxy) is 1. The van der Waals surface area contributed by atoms with E-state index >= 15 is 0 Å². The molecule has 0 bridgehead atoms. The van der Waals surface area contributed by atoms with Crippen molar-refractivity contribution in [3.8, 4) is 0 Å². The van der Waals surface area contributed by atoms with Gasteiger partial charge in [0.2, 0.25) is 0 Å². The van der Waals surface area contributed by atoms with E-state index in [1.165, 1.54) is 17.0 Å². The highest BCUT2D eigenvalue weighted by Gasteiger charge is 1.99. The molecule has 4 nitrogen and oxygen atoms in total. The second-order valence-corrected chi connectivity index (χ2v) is 2.47. The summed E-state index contributed by atoms with van der Waals surface area (Å²) in [5, 5.41) is -0.0304. The Balaban J connectivity index is 2.85. The summed E-state index contributed by atoms with van der Waals surface area (Å²) in [6.07, 6.45) is 2.99. The standard InChI is InChI=1S/C7H9ClN2O2/c1-2-12-5-10-4-3-9-6(8)7(10)11/h3-4H,2,5H2,1H3. The summed E-state index contributed by atoms with van der Waals surface area (Å²) < 4.78 is 6.39. The second kappa shape index (κ2) is 4.23. The van der Waals surface area contributed by atoms with E-state index in [9.17, 15) is 4.79 Å². The number of rotatable bonds is 3. The molecule has 66 valence electrons. The molecule has 0 atom stereocenters. The first-order valence-electron chi connectivity index (χ1n) is 3.54. The average molecular weight is 189 g/mol. The van der Waals surface area contributed by atoms with E-state index in [2.05, 4.69) is 4.98 Å². The lowest BCUT2D eigenvalue weighted by molar-refractivity contribution is 0.0852. The van der Waals surface area contributed by atoms with Crippen molar-refractivity contribution in [1.82, 2.24) is 9.55 Å². The minimum absolute atomic E-state index is 0.0304. The fraction of sp³-hybridized carbons (Fsp3) is 0.429. The van der Waals surface area contributed by atoms with Gasteiger partial charge in [0.1, 0.15) is 6.73 Å². The lowest BCUT2D eigenvalue weighted by Gasteiger charge is -2.03. The van der Waals surface area contributed by atoms with Crippen molar-refractivity contribution >= 4 is 11.6 Å². The maximum Gasteiger partial charge on any atom is 0.290 e. The molecule has 0 aliphatic rings. The Bertz CT molecular complexity index is 311. The van der Waals surface area contributed by atoms with Gasteiger partial charge in [-0.2, -0.15) is 0 Å². The van der Waals surface area contributed by atoms with E-state index in [1.54, 1.807) is 0 Å². The Morgan fingerprint density at radius 2 is 2.50 bits per heavy atom. The van der Waals surface area contributed by atoms with Gasteiger partial charge in [-0.1, -0.05) is 11.6 Å². The molecule has 1 aromatic heterocycles. The molecule has 0 saturated heterocycles. The topological polar surface area (TPSA) is 44.1 Å². The van der Waals surface area contributed by atoms with Crippen molar-refractivity contribution in [1.29, 1.82) is 0 Å². The number of nitrogens with zero attached hydrogens (tertiary/aromatic N) is 2. The third-order valence-electron chi connectivity index (χ3n) is 1.31. The van der Waals surface area contributed by atoms with Crippen LogP contribution in [0.2, 0.25) is 5.15 Å². The maximum absolute atomic E-state index is 11.2. The van der Waals surface area contributed by atoms with Crippen molar-refractivity contribution in [3.63, 3.8) is 0 Å². The molecule has 0 aliphatic heterocycles. The summed E-state index contributed by atoms with van der Waals surface area (Å²) >= 11 is 5.49. The average Bonchev–Trinajstić information content (AvgIpc) is 2.08. The first kappa shape index (κ1) is 9.22. The second-order valence-electron chi connectivity index (χ2n) is 2.11. The van der Waals surface area contributed by atoms with Crippen molar-refractivity contribution in [2.24, 2.45) is 0 Å². The summed E-state index contributed by atoms with van der Waals surface area (Å²) in [5.41, 5.74) is -0.326. The normalized spacial score (nSPS) is 10.2. The highest BCUT2D eigenvalue weighted by Crippen LogP contribution is 1.93. The van der Waals surface area contributed by atoms with Crippen LogP contribution in [0.25, 0.3) is 0 Å². The summed E-state index contributed by atoms with van der Waals surface area (Å²) in [4.78, 5) is 14.8. The first-order chi connectivity index (χ1) is 5.75. The van der Waals surface area contributed by atoms with E-state index in [-0.39, 0.29) is 17.4 Å². The van der Waals surface area contributed by atoms with Crippen molar-refractivity contribution < 1.29 is 4.74 Å². The van der Waals surface area contributed by atoms with Crippen molar-refractivity contribution in [2.45, 2.75) is 13.7 Å². The molecule has 0 spiro atoms. The highest BCUT2D eigenvalue weighted by atomic mass is 35.5. The van der Waals surface area contributed by atoms with Gasteiger partial charge in [-0.05, 0) is 6.92 Å². The molecular formula is C7H9ClN2O2. The van der Waals surface area contributed by atoms with Gasteiger partial charge in [0.05, 0.1) is 0 Å². The van der Waals surface area contributed by atoms with E-state index in [1.807, 2.05) is 6.92 Å². The van der Waals surface area contributed by atoms with Gasteiger partial charge in [0.15, 0.2) is 5.15 Å². The van der Waals surface area contributed by atoms with Crippen LogP contribution in [-0.4, -0.2) is 16.2 Å². The Hall–Kier alpha value is -0.870. The molecule has 0 fully saturated rings. The van der Waals surface area contributed by atoms with Gasteiger partial charge in [0, 0.05) is 19.0 Å². The highest BCUT2D eigenvalue weighted by molar-refractivity contribution is 6.29. The largest absolute Gasteiger partial charge is 0.361 e. The molecule has 0 unspecified atom stereocenters. The van der Waals surface area contributed by atoms with Gasteiger partial charge in [-0.25, -0.2) is 4.98 Å². The Kier molecular flexibility index (Phi) is 3.25. The predicted molar refractivity (Wildman–Crippen MR) is 45.1 cm³/mol. The Labute approximate surface area is 74.8 Å². The third-order valence-corrected chi connectivity index (χ3v) is 1.57. The minimum atomic E-state index is -0.326. The minimum Gasteiger partial charge on any atom is -0.361 e. The van der Waals surface area contributed by atoms with E-state index < -0.39 is 0 Å². The quantitative estimate of drug-likeness (QED) is 0.708. The lowest BCUT2D eigenvalue weighted by Crippen LogP contribution is -2.21. The molecule has 1 heterocycles. The fourth-order valence-electron chi connectivity index (χ4n) is 0.712. The van der Waals surface area contributed by atoms with Crippen LogP contribution in [-0.2, 0) is 11.5 Å². The van der Waals surface area contributed by atoms with Gasteiger partial charge >= 0.3 is 0 Å². The summed E-state index contributed by atoms with van der Waals surface area (Å²) in [6, 6.07) is 0. The Morgan fingerprint density at radius 1 is 1.75 bits per heavy atom. The zero-order valence-corrected chi connectivity index (χ0v) is 7.41. The zero-order valence-electron chi connectivity index (χ0n) is 6.66. The summed E-state index contributed by atoms with van der Waals surface area (Å²) in [5.74, 6) is 0. The van der Waals surface area contributed by atoms with Crippen LogP contribution >= 0.6 is 11.6 Å². The van der Waals surface area contributed by atoms with Crippen LogP contribution in [0.3, 0.4) is 0 Å². The van der Waals surface area contributed by atoms with Crippen molar-refractivity contribution in [2.75, 3.05) is 6.61 Å². The van der Waals surface area contributed by atoms with Crippen molar-refractivity contribution in [3.05, 3.63) is 27.9 Å². The summed E-state index contributed by atoms with van der Waals surface area (Å²) in [7, 11) is 0. The van der Waals surface area contributed by atoms with Crippen LogP contribution < -0.4 is 5.56 Å². The van der Waals surface area contributed by atoms with Crippen LogP contribution in [0.15, 0.2) is 17.2 Å². The third kappa shape index (κ3) is 2.06. The molecule has 12 heavy (non-hydrogen) atoms. The lowest BCUT2D eigenvalue weighted by atomic mass is 10.7. The monoisotopic (exact) mass is 188 g/mol. The van der Waals surface area contributed by atoms with Gasteiger partial charge in [-0.3, -0.25) is 9.36 Å². The smallest absolute Gasteiger partial charge is 0.290 e. The zero-order chi connectivity index (χ0) is 8.97. The molecule has 0 aromatic carbocycles. The summed E-state index contributed by atoms with van der Waals surface area (Å²) in [6.45, 7) is 2.64. The molecule has 0 aliphatic carbocycles. The van der Waals surface area contributed by atoms with Gasteiger partial charge < -0.3 is 4.74 Å². The molecule has 1 rings (SSSR count). The van der Waals surface area contributed by atoms with Crippen LogP contribution in [0.1, 0.15) is 6.92 Å². The van der Waals surface area contributed by atoms with Gasteiger partial charge in [-0.15, -0.1) is 0 Å². The molecule has 0 amide bonds. The van der Waals surface area contributed by atoms with E-state index in [0.29, 0.717) is 6.61 Å². The van der Waals surface area contributed by atoms with Crippen LogP contribution in [0, 0.1) is 0 Å². The SMILES string of the molecule is CCOCn1ccnc(Cl)c1=O. The first-order valence-corrected chi connectivity index (χ1v) is 3.92.